The van der Waals surface area contributed by atoms with Crippen LogP contribution in [0.5, 0.6) is 17.2 Å². The summed E-state index contributed by atoms with van der Waals surface area (Å²) in [5, 5.41) is 21.4. The van der Waals surface area contributed by atoms with Crippen LogP contribution in [0.15, 0.2) is 42.0 Å². The number of hydrogen-bond acceptors (Lipinski definition) is 8. The molecule has 0 radical (unpaired) electrons. The molecule has 0 fully saturated rings. The second-order valence-electron chi connectivity index (χ2n) is 7.20. The van der Waals surface area contributed by atoms with Crippen LogP contribution in [-0.2, 0) is 11.2 Å². The number of carbonyl (C=O) groups excluding carboxylic acids is 1. The van der Waals surface area contributed by atoms with E-state index in [4.69, 9.17) is 25.8 Å². The van der Waals surface area contributed by atoms with Crippen molar-refractivity contribution < 1.29 is 19.0 Å². The minimum absolute atomic E-state index is 0.114. The van der Waals surface area contributed by atoms with Gasteiger partial charge in [0, 0.05) is 0 Å². The van der Waals surface area contributed by atoms with E-state index in [0.29, 0.717) is 41.8 Å². The number of aryl methyl sites for hydroxylation is 2. The molecule has 10 heteroatoms. The molecule has 0 atom stereocenters. The van der Waals surface area contributed by atoms with Gasteiger partial charge in [-0.3, -0.25) is 10.1 Å². The van der Waals surface area contributed by atoms with Crippen LogP contribution >= 0.6 is 22.9 Å². The second kappa shape index (κ2) is 12.7. The van der Waals surface area contributed by atoms with Crippen molar-refractivity contribution in [3.8, 4) is 23.3 Å². The van der Waals surface area contributed by atoms with Gasteiger partial charge in [-0.15, -0.1) is 10.2 Å². The van der Waals surface area contributed by atoms with Gasteiger partial charge in [0.2, 0.25) is 5.13 Å². The van der Waals surface area contributed by atoms with Crippen LogP contribution in [0.4, 0.5) is 5.13 Å². The fraction of sp³-hybridized carbons (Fsp3) is 0.280. The molecule has 0 aliphatic carbocycles. The third-order valence-corrected chi connectivity index (χ3v) is 5.94. The number of aromatic nitrogens is 2. The van der Waals surface area contributed by atoms with Crippen LogP contribution in [0.3, 0.4) is 0 Å². The summed E-state index contributed by atoms with van der Waals surface area (Å²) in [5.41, 5.74) is 1.43. The fourth-order valence-electron chi connectivity index (χ4n) is 3.01. The Morgan fingerprint density at radius 2 is 1.91 bits per heavy atom. The van der Waals surface area contributed by atoms with Crippen molar-refractivity contribution in [1.29, 1.82) is 5.26 Å². The molecule has 3 aromatic rings. The Kier molecular flexibility index (Phi) is 9.47. The average molecular weight is 513 g/mol. The Morgan fingerprint density at radius 1 is 1.14 bits per heavy atom. The molecule has 8 nitrogen and oxygen atoms in total. The van der Waals surface area contributed by atoms with Crippen LogP contribution in [0.2, 0.25) is 5.02 Å². The maximum atomic E-state index is 12.6. The predicted octanol–water partition coefficient (Wildman–Crippen LogP) is 5.46. The summed E-state index contributed by atoms with van der Waals surface area (Å²) in [6.07, 6.45) is 2.14. The highest BCUT2D eigenvalue weighted by Gasteiger charge is 2.16. The van der Waals surface area contributed by atoms with E-state index in [1.807, 2.05) is 51.1 Å². The number of nitriles is 1. The van der Waals surface area contributed by atoms with E-state index >= 15 is 0 Å². The number of para-hydroxylation sites is 1. The maximum Gasteiger partial charge on any atom is 0.268 e. The number of benzene rings is 2. The normalized spacial score (nSPS) is 11.0. The molecule has 0 aliphatic heterocycles. The molecule has 0 saturated heterocycles. The molecule has 182 valence electrons. The van der Waals surface area contributed by atoms with Gasteiger partial charge in [0.05, 0.1) is 11.6 Å². The van der Waals surface area contributed by atoms with Crippen molar-refractivity contribution in [2.45, 2.75) is 27.2 Å². The fourth-order valence-corrected chi connectivity index (χ4v) is 3.96. The number of ether oxygens (including phenoxy) is 3. The van der Waals surface area contributed by atoms with Crippen molar-refractivity contribution in [3.05, 3.63) is 63.1 Å². The summed E-state index contributed by atoms with van der Waals surface area (Å²) in [4.78, 5) is 12.6. The van der Waals surface area contributed by atoms with Crippen LogP contribution in [0, 0.1) is 18.3 Å². The summed E-state index contributed by atoms with van der Waals surface area (Å²) in [7, 11) is 0. The zero-order valence-corrected chi connectivity index (χ0v) is 21.2. The standard InChI is InChI=1S/C25H25ClN4O4S/c1-4-22-29-30-25(35-22)28-24(31)18(15-27)12-17-13-19(26)23(21(14-17)32-5-2)34-11-10-33-20-9-7-6-8-16(20)3/h6-9,12-14H,4-5,10-11H2,1-3H3,(H,28,30,31). The molecule has 3 rings (SSSR count). The van der Waals surface area contributed by atoms with Crippen molar-refractivity contribution in [2.75, 3.05) is 25.1 Å². The number of nitrogens with one attached hydrogen (secondary N) is 1. The summed E-state index contributed by atoms with van der Waals surface area (Å²) in [6, 6.07) is 12.9. The quantitative estimate of drug-likeness (QED) is 0.206. The molecule has 0 aliphatic rings. The topological polar surface area (TPSA) is 106 Å². The van der Waals surface area contributed by atoms with Gasteiger partial charge >= 0.3 is 0 Å². The molecular formula is C25H25ClN4O4S. The van der Waals surface area contributed by atoms with Crippen LogP contribution in [-0.4, -0.2) is 35.9 Å². The van der Waals surface area contributed by atoms with Crippen molar-refractivity contribution in [3.63, 3.8) is 0 Å². The van der Waals surface area contributed by atoms with E-state index in [9.17, 15) is 10.1 Å². The lowest BCUT2D eigenvalue weighted by molar-refractivity contribution is -0.112. The number of anilines is 1. The lowest BCUT2D eigenvalue weighted by Crippen LogP contribution is -2.13. The van der Waals surface area contributed by atoms with E-state index < -0.39 is 5.91 Å². The Balaban J connectivity index is 1.72. The minimum atomic E-state index is -0.589. The molecular weight excluding hydrogens is 488 g/mol. The predicted molar refractivity (Wildman–Crippen MR) is 136 cm³/mol. The van der Waals surface area contributed by atoms with Gasteiger partial charge in [-0.1, -0.05) is 48.1 Å². The van der Waals surface area contributed by atoms with E-state index in [2.05, 4.69) is 15.5 Å². The highest BCUT2D eigenvalue weighted by Crippen LogP contribution is 2.37. The number of amides is 1. The molecule has 35 heavy (non-hydrogen) atoms. The molecule has 0 saturated carbocycles. The van der Waals surface area contributed by atoms with Gasteiger partial charge in [0.25, 0.3) is 5.91 Å². The van der Waals surface area contributed by atoms with Gasteiger partial charge in [-0.25, -0.2) is 0 Å². The summed E-state index contributed by atoms with van der Waals surface area (Å²) in [5.74, 6) is 0.961. The van der Waals surface area contributed by atoms with E-state index in [1.54, 1.807) is 12.1 Å². The highest BCUT2D eigenvalue weighted by atomic mass is 35.5. The Morgan fingerprint density at radius 3 is 2.60 bits per heavy atom. The number of halogens is 1. The Hall–Kier alpha value is -3.61. The van der Waals surface area contributed by atoms with Crippen LogP contribution in [0.1, 0.15) is 30.0 Å². The number of hydrogen-bond donors (Lipinski definition) is 1. The number of nitrogens with zero attached hydrogens (tertiary/aromatic N) is 3. The SMILES string of the molecule is CCOc1cc(C=C(C#N)C(=O)Nc2nnc(CC)s2)cc(Cl)c1OCCOc1ccccc1C. The first-order chi connectivity index (χ1) is 16.9. The molecule has 1 N–H and O–H groups in total. The molecule has 0 bridgehead atoms. The van der Waals surface area contributed by atoms with Gasteiger partial charge < -0.3 is 14.2 Å². The van der Waals surface area contributed by atoms with Crippen molar-refractivity contribution in [2.24, 2.45) is 0 Å². The average Bonchev–Trinajstić information content (AvgIpc) is 3.30. The van der Waals surface area contributed by atoms with Gasteiger partial charge in [0.1, 0.15) is 35.6 Å². The lowest BCUT2D eigenvalue weighted by atomic mass is 10.1. The zero-order valence-electron chi connectivity index (χ0n) is 19.6. The monoisotopic (exact) mass is 512 g/mol. The van der Waals surface area contributed by atoms with Gasteiger partial charge in [-0.2, -0.15) is 5.26 Å². The van der Waals surface area contributed by atoms with E-state index in [1.165, 1.54) is 17.4 Å². The van der Waals surface area contributed by atoms with Gasteiger partial charge in [-0.05, 0) is 55.7 Å². The smallest absolute Gasteiger partial charge is 0.268 e. The molecule has 0 spiro atoms. The Labute approximate surface area is 213 Å². The summed E-state index contributed by atoms with van der Waals surface area (Å²) >= 11 is 7.73. The minimum Gasteiger partial charge on any atom is -0.490 e. The Bertz CT molecular complexity index is 1250. The van der Waals surface area contributed by atoms with E-state index in [-0.39, 0.29) is 17.2 Å². The zero-order chi connectivity index (χ0) is 25.2. The first-order valence-corrected chi connectivity index (χ1v) is 12.2. The van der Waals surface area contributed by atoms with E-state index in [0.717, 1.165) is 16.3 Å². The summed E-state index contributed by atoms with van der Waals surface area (Å²) in [6.45, 7) is 6.69. The highest BCUT2D eigenvalue weighted by molar-refractivity contribution is 7.15. The van der Waals surface area contributed by atoms with Crippen LogP contribution in [0.25, 0.3) is 6.08 Å². The number of rotatable bonds is 11. The summed E-state index contributed by atoms with van der Waals surface area (Å²) < 4.78 is 17.3. The first kappa shape index (κ1) is 26.0. The first-order valence-electron chi connectivity index (χ1n) is 11.0. The van der Waals surface area contributed by atoms with Crippen molar-refractivity contribution in [1.82, 2.24) is 10.2 Å². The molecule has 1 heterocycles. The molecule has 0 unspecified atom stereocenters. The van der Waals surface area contributed by atoms with Gasteiger partial charge in [0.15, 0.2) is 11.5 Å². The molecule has 1 amide bonds. The van der Waals surface area contributed by atoms with Crippen LogP contribution < -0.4 is 19.5 Å². The third-order valence-electron chi connectivity index (χ3n) is 4.68. The number of carbonyl (C=O) groups is 1. The maximum absolute atomic E-state index is 12.6. The van der Waals surface area contributed by atoms with Crippen molar-refractivity contribution >= 4 is 40.1 Å². The lowest BCUT2D eigenvalue weighted by Gasteiger charge is -2.15. The largest absolute Gasteiger partial charge is 0.490 e. The third kappa shape index (κ3) is 7.18. The molecule has 2 aromatic carbocycles. The molecule has 1 aromatic heterocycles. The second-order valence-corrected chi connectivity index (χ2v) is 8.67.